The second kappa shape index (κ2) is 9.12. The van der Waals surface area contributed by atoms with Gasteiger partial charge in [0.05, 0.1) is 0 Å². The zero-order chi connectivity index (χ0) is 19.2. The van der Waals surface area contributed by atoms with Crippen molar-refractivity contribution in [3.63, 3.8) is 0 Å². The first kappa shape index (κ1) is 19.5. The Morgan fingerprint density at radius 1 is 0.630 bits per heavy atom. The predicted octanol–water partition coefficient (Wildman–Crippen LogP) is 6.36. The number of hydrogen-bond acceptors (Lipinski definition) is 2. The first-order valence-electron chi connectivity index (χ1n) is 10.6. The van der Waals surface area contributed by atoms with Crippen LogP contribution in [0.5, 0.6) is 0 Å². The Morgan fingerprint density at radius 3 is 1.26 bits per heavy atom. The van der Waals surface area contributed by atoms with Crippen LogP contribution in [0, 0.1) is 0 Å². The summed E-state index contributed by atoms with van der Waals surface area (Å²) < 4.78 is 0. The molecule has 0 heterocycles. The molecule has 2 aromatic carbocycles. The largest absolute Gasteiger partial charge is 0.372 e. The van der Waals surface area contributed by atoms with Gasteiger partial charge in [0, 0.05) is 37.6 Å². The minimum Gasteiger partial charge on any atom is -0.372 e. The van der Waals surface area contributed by atoms with E-state index in [-0.39, 0.29) is 0 Å². The Balaban J connectivity index is 1.92. The van der Waals surface area contributed by atoms with Gasteiger partial charge in [0.1, 0.15) is 0 Å². The SMILES string of the molecule is CCN(CC)c1ccc(C(=C2CCC2)c2ccc(N(CC)CC)cc2)cc1. The highest BCUT2D eigenvalue weighted by molar-refractivity contribution is 5.84. The van der Waals surface area contributed by atoms with Crippen molar-refractivity contribution in [2.45, 2.75) is 47.0 Å². The third-order valence-corrected chi connectivity index (χ3v) is 5.88. The molecule has 1 fully saturated rings. The molecule has 0 radical (unpaired) electrons. The minimum atomic E-state index is 1.05. The minimum absolute atomic E-state index is 1.05. The molecular weight excluding hydrogens is 328 g/mol. The number of anilines is 2. The topological polar surface area (TPSA) is 6.48 Å². The van der Waals surface area contributed by atoms with Crippen molar-refractivity contribution >= 4 is 16.9 Å². The van der Waals surface area contributed by atoms with Crippen LogP contribution >= 0.6 is 0 Å². The average Bonchev–Trinajstić information content (AvgIpc) is 2.68. The Bertz CT molecular complexity index is 684. The Hall–Kier alpha value is -2.22. The van der Waals surface area contributed by atoms with E-state index in [4.69, 9.17) is 0 Å². The molecule has 27 heavy (non-hydrogen) atoms. The van der Waals surface area contributed by atoms with E-state index in [1.54, 1.807) is 5.57 Å². The summed E-state index contributed by atoms with van der Waals surface area (Å²) in [6, 6.07) is 18.4. The molecule has 2 nitrogen and oxygen atoms in total. The normalized spacial score (nSPS) is 13.3. The second-order valence-electron chi connectivity index (χ2n) is 7.27. The van der Waals surface area contributed by atoms with Crippen LogP contribution in [0.2, 0.25) is 0 Å². The average molecular weight is 363 g/mol. The highest BCUT2D eigenvalue weighted by Gasteiger charge is 2.18. The van der Waals surface area contributed by atoms with Crippen LogP contribution in [-0.2, 0) is 0 Å². The lowest BCUT2D eigenvalue weighted by molar-refractivity contribution is 0.666. The summed E-state index contributed by atoms with van der Waals surface area (Å²) in [6.07, 6.45) is 3.81. The van der Waals surface area contributed by atoms with E-state index < -0.39 is 0 Å². The fourth-order valence-electron chi connectivity index (χ4n) is 4.03. The van der Waals surface area contributed by atoms with Gasteiger partial charge in [-0.05, 0) is 87.9 Å². The number of nitrogens with zero attached hydrogens (tertiary/aromatic N) is 2. The molecule has 3 rings (SSSR count). The second-order valence-corrected chi connectivity index (χ2v) is 7.27. The molecule has 0 bridgehead atoms. The first-order valence-corrected chi connectivity index (χ1v) is 10.6. The molecule has 0 aromatic heterocycles. The van der Waals surface area contributed by atoms with Gasteiger partial charge in [-0.15, -0.1) is 0 Å². The molecule has 0 spiro atoms. The van der Waals surface area contributed by atoms with Gasteiger partial charge in [-0.25, -0.2) is 0 Å². The Labute approximate surface area is 165 Å². The van der Waals surface area contributed by atoms with Crippen LogP contribution in [0.15, 0.2) is 54.1 Å². The van der Waals surface area contributed by atoms with Gasteiger partial charge in [0.15, 0.2) is 0 Å². The lowest BCUT2D eigenvalue weighted by Gasteiger charge is -2.25. The van der Waals surface area contributed by atoms with E-state index >= 15 is 0 Å². The lowest BCUT2D eigenvalue weighted by atomic mass is 9.82. The maximum atomic E-state index is 2.40. The van der Waals surface area contributed by atoms with Crippen LogP contribution in [0.4, 0.5) is 11.4 Å². The Kier molecular flexibility index (Phi) is 6.60. The highest BCUT2D eigenvalue weighted by atomic mass is 15.1. The molecule has 0 N–H and O–H groups in total. The molecule has 0 aliphatic heterocycles. The van der Waals surface area contributed by atoms with Gasteiger partial charge in [-0.2, -0.15) is 0 Å². The summed E-state index contributed by atoms with van der Waals surface area (Å²) in [7, 11) is 0. The molecule has 2 heteroatoms. The van der Waals surface area contributed by atoms with Crippen LogP contribution in [-0.4, -0.2) is 26.2 Å². The third kappa shape index (κ3) is 4.21. The third-order valence-electron chi connectivity index (χ3n) is 5.88. The summed E-state index contributed by atoms with van der Waals surface area (Å²) in [5.74, 6) is 0. The zero-order valence-corrected chi connectivity index (χ0v) is 17.5. The van der Waals surface area contributed by atoms with Crippen molar-refractivity contribution in [1.29, 1.82) is 0 Å². The molecule has 1 aliphatic rings. The maximum absolute atomic E-state index is 2.40. The van der Waals surface area contributed by atoms with Crippen molar-refractivity contribution < 1.29 is 0 Å². The summed E-state index contributed by atoms with van der Waals surface area (Å²) in [5, 5.41) is 0. The first-order chi connectivity index (χ1) is 13.2. The molecule has 1 saturated carbocycles. The van der Waals surface area contributed by atoms with Crippen LogP contribution < -0.4 is 9.80 Å². The molecule has 1 aliphatic carbocycles. The predicted molar refractivity (Wildman–Crippen MR) is 120 cm³/mol. The van der Waals surface area contributed by atoms with Gasteiger partial charge < -0.3 is 9.80 Å². The van der Waals surface area contributed by atoms with E-state index in [1.165, 1.54) is 47.3 Å². The summed E-state index contributed by atoms with van der Waals surface area (Å²) in [6.45, 7) is 13.1. The molecule has 0 amide bonds. The van der Waals surface area contributed by atoms with Crippen molar-refractivity contribution in [3.05, 3.63) is 65.2 Å². The number of benzene rings is 2. The van der Waals surface area contributed by atoms with Gasteiger partial charge in [-0.3, -0.25) is 0 Å². The summed E-state index contributed by atoms with van der Waals surface area (Å²) in [4.78, 5) is 4.80. The van der Waals surface area contributed by atoms with E-state index in [0.717, 1.165) is 26.2 Å². The molecule has 2 aromatic rings. The standard InChI is InChI=1S/C25H34N2/c1-5-26(6-2)23-16-12-21(13-17-23)25(20-10-9-11-20)22-14-18-24(19-15-22)27(7-3)8-4/h12-19H,5-11H2,1-4H3. The van der Waals surface area contributed by atoms with Crippen molar-refractivity contribution in [2.24, 2.45) is 0 Å². The molecular formula is C25H34N2. The molecule has 144 valence electrons. The molecule has 0 saturated heterocycles. The summed E-state index contributed by atoms with van der Waals surface area (Å²) >= 11 is 0. The van der Waals surface area contributed by atoms with Gasteiger partial charge in [0.2, 0.25) is 0 Å². The van der Waals surface area contributed by atoms with Crippen LogP contribution in [0.1, 0.15) is 58.1 Å². The lowest BCUT2D eigenvalue weighted by Crippen LogP contribution is -2.21. The van der Waals surface area contributed by atoms with Crippen molar-refractivity contribution in [1.82, 2.24) is 0 Å². The molecule has 0 unspecified atom stereocenters. The number of hydrogen-bond donors (Lipinski definition) is 0. The quantitative estimate of drug-likeness (QED) is 0.539. The van der Waals surface area contributed by atoms with Gasteiger partial charge >= 0.3 is 0 Å². The van der Waals surface area contributed by atoms with E-state index in [1.807, 2.05) is 0 Å². The van der Waals surface area contributed by atoms with Crippen LogP contribution in [0.25, 0.3) is 5.57 Å². The smallest absolute Gasteiger partial charge is 0.0366 e. The highest BCUT2D eigenvalue weighted by Crippen LogP contribution is 2.38. The van der Waals surface area contributed by atoms with Crippen LogP contribution in [0.3, 0.4) is 0 Å². The maximum Gasteiger partial charge on any atom is 0.0366 e. The Morgan fingerprint density at radius 2 is 1.00 bits per heavy atom. The number of allylic oxidation sites excluding steroid dienone is 1. The monoisotopic (exact) mass is 362 g/mol. The van der Waals surface area contributed by atoms with E-state index in [0.29, 0.717) is 0 Å². The fraction of sp³-hybridized carbons (Fsp3) is 0.440. The summed E-state index contributed by atoms with van der Waals surface area (Å²) in [5.41, 5.74) is 8.42. The van der Waals surface area contributed by atoms with Crippen molar-refractivity contribution in [3.8, 4) is 0 Å². The number of rotatable bonds is 8. The van der Waals surface area contributed by atoms with E-state index in [2.05, 4.69) is 86.0 Å². The van der Waals surface area contributed by atoms with Crippen molar-refractivity contribution in [2.75, 3.05) is 36.0 Å². The fourth-order valence-corrected chi connectivity index (χ4v) is 4.03. The van der Waals surface area contributed by atoms with E-state index in [9.17, 15) is 0 Å². The zero-order valence-electron chi connectivity index (χ0n) is 17.5. The van der Waals surface area contributed by atoms with Gasteiger partial charge in [-0.1, -0.05) is 29.8 Å². The molecule has 0 atom stereocenters. The van der Waals surface area contributed by atoms with Gasteiger partial charge in [0.25, 0.3) is 0 Å².